The highest BCUT2D eigenvalue weighted by atomic mass is 16.6. The fourth-order valence-electron chi connectivity index (χ4n) is 1.16. The largest absolute Gasteiger partial charge is 0.433 e. The van der Waals surface area contributed by atoms with Crippen molar-refractivity contribution in [3.05, 3.63) is 28.3 Å². The summed E-state index contributed by atoms with van der Waals surface area (Å²) in [5.74, 6) is 0.544. The third kappa shape index (κ3) is 1.74. The van der Waals surface area contributed by atoms with Crippen LogP contribution in [0.4, 0.5) is 11.8 Å². The van der Waals surface area contributed by atoms with Crippen LogP contribution < -0.4 is 4.90 Å². The Hall–Kier alpha value is -2.31. The van der Waals surface area contributed by atoms with Gasteiger partial charge >= 0.3 is 5.88 Å². The molecule has 0 amide bonds. The van der Waals surface area contributed by atoms with Crippen LogP contribution in [-0.2, 0) is 0 Å². The van der Waals surface area contributed by atoms with Gasteiger partial charge in [-0.25, -0.2) is 0 Å². The molecule has 0 unspecified atom stereocenters. The van der Waals surface area contributed by atoms with E-state index in [4.69, 9.17) is 8.94 Å². The van der Waals surface area contributed by atoms with E-state index in [2.05, 4.69) is 5.16 Å². The normalized spacial score (nSPS) is 10.4. The fraction of sp³-hybridized carbons (Fsp3) is 0.222. The molecule has 0 aliphatic rings. The summed E-state index contributed by atoms with van der Waals surface area (Å²) in [6.45, 7) is 0. The van der Waals surface area contributed by atoms with E-state index in [-0.39, 0.29) is 5.88 Å². The molecule has 0 N–H and O–H groups in total. The van der Waals surface area contributed by atoms with E-state index in [1.807, 2.05) is 0 Å². The lowest BCUT2D eigenvalue weighted by molar-refractivity contribution is -0.401. The van der Waals surface area contributed by atoms with Gasteiger partial charge in [-0.3, -0.25) is 10.1 Å². The molecular weight excluding hydrogens is 214 g/mol. The molecule has 0 aliphatic heterocycles. The molecular formula is C9H9N3O4. The quantitative estimate of drug-likeness (QED) is 0.583. The Morgan fingerprint density at radius 2 is 2.19 bits per heavy atom. The van der Waals surface area contributed by atoms with E-state index in [1.165, 1.54) is 12.1 Å². The Bertz CT molecular complexity index is 514. The molecule has 0 aromatic carbocycles. The van der Waals surface area contributed by atoms with Crippen molar-refractivity contribution in [3.63, 3.8) is 0 Å². The summed E-state index contributed by atoms with van der Waals surface area (Å²) in [4.78, 5) is 11.5. The molecule has 0 atom stereocenters. The summed E-state index contributed by atoms with van der Waals surface area (Å²) >= 11 is 0. The third-order valence-corrected chi connectivity index (χ3v) is 1.96. The number of hydrogen-bond acceptors (Lipinski definition) is 6. The molecule has 0 fully saturated rings. The van der Waals surface area contributed by atoms with Crippen LogP contribution in [0.5, 0.6) is 0 Å². The standard InChI is InChI=1S/C9H9N3O4/c1-11(2)9-5-6(10-16-9)7-3-4-8(15-7)12(13)14/h3-5H,1-2H3. The van der Waals surface area contributed by atoms with Gasteiger partial charge in [0.1, 0.15) is 4.92 Å². The van der Waals surface area contributed by atoms with Crippen molar-refractivity contribution in [1.82, 2.24) is 5.16 Å². The summed E-state index contributed by atoms with van der Waals surface area (Å²) < 4.78 is 9.98. The number of furan rings is 1. The van der Waals surface area contributed by atoms with Gasteiger partial charge in [-0.15, -0.1) is 0 Å². The van der Waals surface area contributed by atoms with E-state index in [0.717, 1.165) is 0 Å². The zero-order valence-electron chi connectivity index (χ0n) is 8.71. The van der Waals surface area contributed by atoms with Crippen molar-refractivity contribution in [1.29, 1.82) is 0 Å². The Morgan fingerprint density at radius 3 is 2.69 bits per heavy atom. The minimum absolute atomic E-state index is 0.309. The van der Waals surface area contributed by atoms with Gasteiger partial charge in [0.25, 0.3) is 0 Å². The Kier molecular flexibility index (Phi) is 2.35. The van der Waals surface area contributed by atoms with E-state index in [1.54, 1.807) is 25.1 Å². The first-order chi connectivity index (χ1) is 7.58. The summed E-state index contributed by atoms with van der Waals surface area (Å²) in [7, 11) is 3.60. The Labute approximate surface area is 90.4 Å². The molecule has 2 rings (SSSR count). The van der Waals surface area contributed by atoms with Crippen LogP contribution in [0.15, 0.2) is 27.1 Å². The molecule has 0 aliphatic carbocycles. The molecule has 0 radical (unpaired) electrons. The number of anilines is 1. The third-order valence-electron chi connectivity index (χ3n) is 1.96. The molecule has 0 saturated carbocycles. The molecule has 0 spiro atoms. The van der Waals surface area contributed by atoms with Crippen LogP contribution in [0.25, 0.3) is 11.5 Å². The molecule has 7 heteroatoms. The van der Waals surface area contributed by atoms with Gasteiger partial charge in [0.05, 0.1) is 6.07 Å². The van der Waals surface area contributed by atoms with Crippen molar-refractivity contribution in [2.24, 2.45) is 0 Å². The van der Waals surface area contributed by atoms with Gasteiger partial charge in [0.15, 0.2) is 11.5 Å². The van der Waals surface area contributed by atoms with E-state index in [9.17, 15) is 10.1 Å². The van der Waals surface area contributed by atoms with E-state index in [0.29, 0.717) is 17.3 Å². The monoisotopic (exact) mass is 223 g/mol. The Balaban J connectivity index is 2.31. The number of nitrogens with zero attached hydrogens (tertiary/aromatic N) is 3. The molecule has 16 heavy (non-hydrogen) atoms. The summed E-state index contributed by atoms with van der Waals surface area (Å²) in [5.41, 5.74) is 0.428. The second kappa shape index (κ2) is 3.69. The number of aromatic nitrogens is 1. The van der Waals surface area contributed by atoms with Crippen molar-refractivity contribution in [2.45, 2.75) is 0 Å². The van der Waals surface area contributed by atoms with Crippen LogP contribution in [0, 0.1) is 10.1 Å². The lowest BCUT2D eigenvalue weighted by Gasteiger charge is -2.03. The van der Waals surface area contributed by atoms with Gasteiger partial charge in [-0.2, -0.15) is 0 Å². The lowest BCUT2D eigenvalue weighted by Crippen LogP contribution is -2.06. The van der Waals surface area contributed by atoms with Crippen molar-refractivity contribution < 1.29 is 13.9 Å². The topological polar surface area (TPSA) is 85.5 Å². The highest BCUT2D eigenvalue weighted by molar-refractivity contribution is 5.57. The minimum atomic E-state index is -0.601. The molecule has 2 aromatic rings. The molecule has 2 aromatic heterocycles. The summed E-state index contributed by atoms with van der Waals surface area (Å²) in [5, 5.41) is 14.2. The summed E-state index contributed by atoms with van der Waals surface area (Å²) in [6.07, 6.45) is 0. The van der Waals surface area contributed by atoms with Crippen LogP contribution in [0.2, 0.25) is 0 Å². The zero-order chi connectivity index (χ0) is 11.7. The van der Waals surface area contributed by atoms with Gasteiger partial charge < -0.3 is 13.8 Å². The average Bonchev–Trinajstić information content (AvgIpc) is 2.86. The minimum Gasteiger partial charge on any atom is -0.399 e. The number of nitro groups is 1. The number of hydrogen-bond donors (Lipinski definition) is 0. The predicted octanol–water partition coefficient (Wildman–Crippen LogP) is 1.91. The van der Waals surface area contributed by atoms with Crippen molar-refractivity contribution in [2.75, 3.05) is 19.0 Å². The smallest absolute Gasteiger partial charge is 0.399 e. The van der Waals surface area contributed by atoms with Crippen LogP contribution >= 0.6 is 0 Å². The van der Waals surface area contributed by atoms with E-state index < -0.39 is 4.92 Å². The average molecular weight is 223 g/mol. The van der Waals surface area contributed by atoms with Crippen molar-refractivity contribution >= 4 is 11.8 Å². The molecule has 2 heterocycles. The van der Waals surface area contributed by atoms with Crippen LogP contribution in [-0.4, -0.2) is 24.2 Å². The van der Waals surface area contributed by atoms with Gasteiger partial charge in [-0.1, -0.05) is 5.16 Å². The van der Waals surface area contributed by atoms with Gasteiger partial charge in [0.2, 0.25) is 5.88 Å². The van der Waals surface area contributed by atoms with E-state index >= 15 is 0 Å². The SMILES string of the molecule is CN(C)c1cc(-c2ccc([N+](=O)[O-])o2)no1. The first-order valence-electron chi connectivity index (χ1n) is 4.46. The van der Waals surface area contributed by atoms with Crippen LogP contribution in [0.3, 0.4) is 0 Å². The van der Waals surface area contributed by atoms with Gasteiger partial charge in [-0.05, 0) is 6.07 Å². The van der Waals surface area contributed by atoms with Gasteiger partial charge in [0, 0.05) is 20.2 Å². The fourth-order valence-corrected chi connectivity index (χ4v) is 1.16. The maximum Gasteiger partial charge on any atom is 0.433 e. The highest BCUT2D eigenvalue weighted by Gasteiger charge is 2.16. The maximum atomic E-state index is 10.4. The first-order valence-corrected chi connectivity index (χ1v) is 4.46. The van der Waals surface area contributed by atoms with Crippen molar-refractivity contribution in [3.8, 4) is 11.5 Å². The molecule has 0 saturated heterocycles. The molecule has 7 nitrogen and oxygen atoms in total. The Morgan fingerprint density at radius 1 is 1.44 bits per heavy atom. The predicted molar refractivity (Wildman–Crippen MR) is 55.2 cm³/mol. The second-order valence-electron chi connectivity index (χ2n) is 3.34. The zero-order valence-corrected chi connectivity index (χ0v) is 8.71. The first kappa shape index (κ1) is 10.2. The maximum absolute atomic E-state index is 10.4. The molecule has 0 bridgehead atoms. The highest BCUT2D eigenvalue weighted by Crippen LogP contribution is 2.27. The number of rotatable bonds is 3. The lowest BCUT2D eigenvalue weighted by atomic mass is 10.3. The summed E-state index contributed by atoms with van der Waals surface area (Å²) in [6, 6.07) is 4.40. The second-order valence-corrected chi connectivity index (χ2v) is 3.34. The molecule has 84 valence electrons. The van der Waals surface area contributed by atoms with Crippen LogP contribution in [0.1, 0.15) is 0 Å².